The predicted octanol–water partition coefficient (Wildman–Crippen LogP) is -1.13. The molecule has 1 aliphatic rings. The lowest BCUT2D eigenvalue weighted by molar-refractivity contribution is -0.153. The smallest absolute Gasteiger partial charge is 0.251 e. The summed E-state index contributed by atoms with van der Waals surface area (Å²) in [5.41, 5.74) is 0.436. The zero-order valence-corrected chi connectivity index (χ0v) is 11.5. The molecule has 21 heavy (non-hydrogen) atoms. The molecule has 7 heteroatoms. The minimum Gasteiger partial charge on any atom is -0.394 e. The van der Waals surface area contributed by atoms with Gasteiger partial charge in [-0.05, 0) is 12.1 Å². The van der Waals surface area contributed by atoms with E-state index in [0.29, 0.717) is 5.56 Å². The van der Waals surface area contributed by atoms with Crippen LogP contribution in [0.3, 0.4) is 0 Å². The van der Waals surface area contributed by atoms with E-state index in [-0.39, 0.29) is 5.91 Å². The molecule has 5 atom stereocenters. The van der Waals surface area contributed by atoms with Crippen molar-refractivity contribution in [2.45, 2.75) is 30.6 Å². The summed E-state index contributed by atoms with van der Waals surface area (Å²) in [5.74, 6) is -0.385. The molecule has 0 saturated carbocycles. The van der Waals surface area contributed by atoms with Crippen molar-refractivity contribution < 1.29 is 29.6 Å². The summed E-state index contributed by atoms with van der Waals surface area (Å²) in [6.45, 7) is -0.558. The van der Waals surface area contributed by atoms with Crippen LogP contribution in [0.15, 0.2) is 30.3 Å². The number of methoxy groups -OCH3 is 1. The number of aliphatic hydroxyl groups is 3. The Bertz CT molecular complexity index is 468. The van der Waals surface area contributed by atoms with Gasteiger partial charge in [0.2, 0.25) is 0 Å². The number of hydrogen-bond acceptors (Lipinski definition) is 6. The highest BCUT2D eigenvalue weighted by Gasteiger charge is 2.47. The van der Waals surface area contributed by atoms with Crippen molar-refractivity contribution in [3.8, 4) is 0 Å². The van der Waals surface area contributed by atoms with Gasteiger partial charge >= 0.3 is 0 Å². The minimum absolute atomic E-state index is 0.385. The number of nitrogens with one attached hydrogen (secondary N) is 1. The number of benzene rings is 1. The van der Waals surface area contributed by atoms with Gasteiger partial charge in [0, 0.05) is 12.7 Å². The van der Waals surface area contributed by atoms with E-state index in [1.165, 1.54) is 7.11 Å². The van der Waals surface area contributed by atoms with Crippen molar-refractivity contribution in [3.05, 3.63) is 35.9 Å². The van der Waals surface area contributed by atoms with Crippen molar-refractivity contribution in [2.24, 2.45) is 0 Å². The molecule has 0 aliphatic carbocycles. The number of ether oxygens (including phenoxy) is 2. The normalized spacial score (nSPS) is 30.1. The molecule has 4 N–H and O–H groups in total. The van der Waals surface area contributed by atoms with Gasteiger partial charge in [0.1, 0.15) is 24.4 Å². The molecule has 1 aromatic rings. The number of hydrogen-bond donors (Lipinski definition) is 4. The van der Waals surface area contributed by atoms with Crippen molar-refractivity contribution in [1.82, 2.24) is 5.32 Å². The Morgan fingerprint density at radius 1 is 1.43 bits per heavy atom. The molecule has 1 fully saturated rings. The molecular formula is C14H19NO6. The Labute approximate surface area is 122 Å². The minimum atomic E-state index is -1.25. The van der Waals surface area contributed by atoms with Crippen molar-refractivity contribution in [3.63, 3.8) is 0 Å². The van der Waals surface area contributed by atoms with Gasteiger partial charge in [-0.15, -0.1) is 0 Å². The topological polar surface area (TPSA) is 108 Å². The van der Waals surface area contributed by atoms with Gasteiger partial charge < -0.3 is 30.1 Å². The van der Waals surface area contributed by atoms with Gasteiger partial charge in [-0.2, -0.15) is 0 Å². The lowest BCUT2D eigenvalue weighted by Gasteiger charge is -2.21. The summed E-state index contributed by atoms with van der Waals surface area (Å²) in [6.07, 6.45) is -4.37. The molecule has 7 nitrogen and oxygen atoms in total. The van der Waals surface area contributed by atoms with E-state index in [1.54, 1.807) is 30.3 Å². The largest absolute Gasteiger partial charge is 0.394 e. The van der Waals surface area contributed by atoms with E-state index in [9.17, 15) is 15.0 Å². The standard InChI is InChI=1S/C14H19NO6/c1-20-14-10(11(18)12(21-14)9(17)7-16)15-13(19)8-5-3-2-4-6-8/h2-6,9-12,14,16-18H,7H2,1H3,(H,15,19)/t9?,10-,11-,12-,14-/m1/s1. The average Bonchev–Trinajstić information content (AvgIpc) is 2.84. The highest BCUT2D eigenvalue weighted by atomic mass is 16.7. The Morgan fingerprint density at radius 2 is 2.10 bits per heavy atom. The van der Waals surface area contributed by atoms with Gasteiger partial charge in [-0.1, -0.05) is 18.2 Å². The van der Waals surface area contributed by atoms with E-state index in [0.717, 1.165) is 0 Å². The van der Waals surface area contributed by atoms with Crippen LogP contribution in [0.4, 0.5) is 0 Å². The van der Waals surface area contributed by atoms with Crippen LogP contribution in [0.1, 0.15) is 10.4 Å². The fourth-order valence-electron chi connectivity index (χ4n) is 2.29. The second-order valence-corrected chi connectivity index (χ2v) is 4.81. The van der Waals surface area contributed by atoms with E-state index in [4.69, 9.17) is 14.6 Å². The molecular weight excluding hydrogens is 278 g/mol. The quantitative estimate of drug-likeness (QED) is 0.548. The third kappa shape index (κ3) is 3.39. The van der Waals surface area contributed by atoms with E-state index in [2.05, 4.69) is 5.32 Å². The molecule has 0 spiro atoms. The number of aliphatic hydroxyl groups excluding tert-OH is 3. The third-order valence-corrected chi connectivity index (χ3v) is 3.42. The summed E-state index contributed by atoms with van der Waals surface area (Å²) in [6, 6.07) is 7.67. The van der Waals surface area contributed by atoms with Crippen LogP contribution in [0.2, 0.25) is 0 Å². The van der Waals surface area contributed by atoms with Gasteiger partial charge in [-0.3, -0.25) is 4.79 Å². The summed E-state index contributed by atoms with van der Waals surface area (Å²) in [5, 5.41) is 31.3. The SMILES string of the molecule is CO[C@@H]1O[C@H](C(O)CO)[C@H](O)[C@H]1NC(=O)c1ccccc1. The first-order chi connectivity index (χ1) is 10.1. The van der Waals surface area contributed by atoms with Crippen LogP contribution in [0.5, 0.6) is 0 Å². The van der Waals surface area contributed by atoms with Crippen molar-refractivity contribution in [1.29, 1.82) is 0 Å². The second-order valence-electron chi connectivity index (χ2n) is 4.81. The van der Waals surface area contributed by atoms with Gasteiger partial charge in [0.05, 0.1) is 6.61 Å². The molecule has 116 valence electrons. The molecule has 0 aromatic heterocycles. The maximum atomic E-state index is 12.1. The van der Waals surface area contributed by atoms with Crippen LogP contribution in [0, 0.1) is 0 Å². The van der Waals surface area contributed by atoms with Gasteiger partial charge in [0.25, 0.3) is 5.91 Å². The first-order valence-electron chi connectivity index (χ1n) is 6.59. The van der Waals surface area contributed by atoms with E-state index < -0.39 is 37.3 Å². The Kier molecular flexibility index (Phi) is 5.27. The maximum Gasteiger partial charge on any atom is 0.251 e. The van der Waals surface area contributed by atoms with E-state index >= 15 is 0 Å². The maximum absolute atomic E-state index is 12.1. The third-order valence-electron chi connectivity index (χ3n) is 3.42. The molecule has 0 radical (unpaired) electrons. The molecule has 1 heterocycles. The first-order valence-corrected chi connectivity index (χ1v) is 6.59. The molecule has 1 amide bonds. The zero-order valence-electron chi connectivity index (χ0n) is 11.5. The molecule has 1 aromatic carbocycles. The van der Waals surface area contributed by atoms with Crippen molar-refractivity contribution in [2.75, 3.05) is 13.7 Å². The number of carbonyl (C=O) groups excluding carboxylic acids is 1. The Morgan fingerprint density at radius 3 is 2.67 bits per heavy atom. The summed E-state index contributed by atoms with van der Waals surface area (Å²) >= 11 is 0. The number of carbonyl (C=O) groups is 1. The molecule has 1 saturated heterocycles. The molecule has 1 aliphatic heterocycles. The zero-order chi connectivity index (χ0) is 15.4. The van der Waals surface area contributed by atoms with Gasteiger partial charge in [0.15, 0.2) is 6.29 Å². The van der Waals surface area contributed by atoms with Crippen LogP contribution in [-0.4, -0.2) is 65.6 Å². The highest BCUT2D eigenvalue weighted by molar-refractivity contribution is 5.94. The summed E-state index contributed by atoms with van der Waals surface area (Å²) in [7, 11) is 1.37. The lowest BCUT2D eigenvalue weighted by atomic mass is 10.0. The monoisotopic (exact) mass is 297 g/mol. The fraction of sp³-hybridized carbons (Fsp3) is 0.500. The van der Waals surface area contributed by atoms with Crippen LogP contribution in [-0.2, 0) is 9.47 Å². The van der Waals surface area contributed by atoms with Gasteiger partial charge in [-0.25, -0.2) is 0 Å². The number of rotatable bonds is 5. The molecule has 2 rings (SSSR count). The summed E-state index contributed by atoms with van der Waals surface area (Å²) in [4.78, 5) is 12.1. The average molecular weight is 297 g/mol. The lowest BCUT2D eigenvalue weighted by Crippen LogP contribution is -2.49. The second kappa shape index (κ2) is 6.97. The summed E-state index contributed by atoms with van der Waals surface area (Å²) < 4.78 is 10.4. The van der Waals surface area contributed by atoms with Crippen LogP contribution >= 0.6 is 0 Å². The number of amides is 1. The fourth-order valence-corrected chi connectivity index (χ4v) is 2.29. The van der Waals surface area contributed by atoms with E-state index in [1.807, 2.05) is 0 Å². The van der Waals surface area contributed by atoms with Crippen LogP contribution < -0.4 is 5.32 Å². The Balaban J connectivity index is 2.09. The highest BCUT2D eigenvalue weighted by Crippen LogP contribution is 2.24. The molecule has 1 unspecified atom stereocenters. The Hall–Kier alpha value is -1.51. The van der Waals surface area contributed by atoms with Crippen molar-refractivity contribution >= 4 is 5.91 Å². The first kappa shape index (κ1) is 15.9. The molecule has 0 bridgehead atoms. The predicted molar refractivity (Wildman–Crippen MR) is 72.5 cm³/mol. The van der Waals surface area contributed by atoms with Crippen LogP contribution in [0.25, 0.3) is 0 Å².